The summed E-state index contributed by atoms with van der Waals surface area (Å²) in [7, 11) is 1.54. The van der Waals surface area contributed by atoms with Gasteiger partial charge >= 0.3 is 6.18 Å². The second-order valence-corrected chi connectivity index (χ2v) is 6.74. The van der Waals surface area contributed by atoms with Crippen molar-refractivity contribution in [2.75, 3.05) is 13.7 Å². The molecule has 31 heavy (non-hydrogen) atoms. The van der Waals surface area contributed by atoms with Gasteiger partial charge < -0.3 is 10.1 Å². The van der Waals surface area contributed by atoms with E-state index in [1.807, 2.05) is 18.2 Å². The molecule has 0 bridgehead atoms. The first-order chi connectivity index (χ1) is 14.7. The number of hydrogen-bond acceptors (Lipinski definition) is 4. The van der Waals surface area contributed by atoms with Crippen molar-refractivity contribution in [1.82, 2.24) is 15.1 Å². The molecule has 1 N–H and O–H groups in total. The van der Waals surface area contributed by atoms with Gasteiger partial charge in [0.15, 0.2) is 5.69 Å². The second-order valence-electron chi connectivity index (χ2n) is 6.74. The van der Waals surface area contributed by atoms with Crippen LogP contribution in [0.4, 0.5) is 13.2 Å². The maximum absolute atomic E-state index is 13.4. The Kier molecular flexibility index (Phi) is 6.43. The van der Waals surface area contributed by atoms with Gasteiger partial charge in [-0.15, -0.1) is 0 Å². The van der Waals surface area contributed by atoms with Crippen molar-refractivity contribution in [3.63, 3.8) is 0 Å². The molecule has 3 aromatic rings. The summed E-state index contributed by atoms with van der Waals surface area (Å²) in [5.74, 6) is -0.102. The summed E-state index contributed by atoms with van der Waals surface area (Å²) in [6.45, 7) is 1.64. The summed E-state index contributed by atoms with van der Waals surface area (Å²) in [6.07, 6.45) is -4.18. The molecule has 0 aliphatic heterocycles. The molecule has 0 saturated heterocycles. The van der Waals surface area contributed by atoms with Gasteiger partial charge in [-0.2, -0.15) is 18.3 Å². The number of aromatic nitrogens is 2. The van der Waals surface area contributed by atoms with Gasteiger partial charge in [0, 0.05) is 18.3 Å². The monoisotopic (exact) mass is 431 g/mol. The number of rotatable bonds is 6. The van der Waals surface area contributed by atoms with Crippen LogP contribution in [0.1, 0.15) is 27.3 Å². The van der Waals surface area contributed by atoms with Crippen LogP contribution >= 0.6 is 0 Å². The predicted molar refractivity (Wildman–Crippen MR) is 109 cm³/mol. The van der Waals surface area contributed by atoms with Crippen LogP contribution in [0.25, 0.3) is 5.69 Å². The highest BCUT2D eigenvalue weighted by molar-refractivity contribution is 5.92. The first kappa shape index (κ1) is 22.1. The molecule has 0 unspecified atom stereocenters. The lowest BCUT2D eigenvalue weighted by Crippen LogP contribution is -2.33. The smallest absolute Gasteiger partial charge is 0.418 e. The third kappa shape index (κ3) is 4.93. The highest BCUT2D eigenvalue weighted by atomic mass is 19.4. The van der Waals surface area contributed by atoms with Crippen molar-refractivity contribution in [3.8, 4) is 11.4 Å². The van der Waals surface area contributed by atoms with Crippen molar-refractivity contribution in [2.24, 2.45) is 0 Å². The molecule has 0 aliphatic rings. The van der Waals surface area contributed by atoms with Crippen LogP contribution in [0.2, 0.25) is 0 Å². The molecule has 0 saturated carbocycles. The minimum absolute atomic E-state index is 0.173. The summed E-state index contributed by atoms with van der Waals surface area (Å²) in [6, 6.07) is 13.2. The molecule has 1 aromatic heterocycles. The molecule has 6 nitrogen and oxygen atoms in total. The fourth-order valence-electron chi connectivity index (χ4n) is 3.15. The van der Waals surface area contributed by atoms with E-state index < -0.39 is 28.8 Å². The minimum atomic E-state index is -4.62. The zero-order valence-corrected chi connectivity index (χ0v) is 16.9. The average Bonchev–Trinajstić information content (AvgIpc) is 2.73. The maximum Gasteiger partial charge on any atom is 0.418 e. The number of nitrogens with zero attached hydrogens (tertiary/aromatic N) is 2. The van der Waals surface area contributed by atoms with Crippen molar-refractivity contribution in [2.45, 2.75) is 19.5 Å². The number of ether oxygens (including phenoxy) is 1. The van der Waals surface area contributed by atoms with Crippen LogP contribution in [0.5, 0.6) is 5.75 Å². The normalized spacial score (nSPS) is 11.3. The van der Waals surface area contributed by atoms with Crippen molar-refractivity contribution in [1.29, 1.82) is 0 Å². The van der Waals surface area contributed by atoms with Crippen molar-refractivity contribution >= 4 is 5.91 Å². The summed E-state index contributed by atoms with van der Waals surface area (Å²) in [4.78, 5) is 24.8. The quantitative estimate of drug-likeness (QED) is 0.648. The first-order valence-corrected chi connectivity index (χ1v) is 9.40. The van der Waals surface area contributed by atoms with Gasteiger partial charge in [-0.3, -0.25) is 9.59 Å². The molecule has 1 heterocycles. The number of carbonyl (C=O) groups excluding carboxylic acids is 1. The van der Waals surface area contributed by atoms with Crippen LogP contribution in [-0.2, 0) is 12.6 Å². The van der Waals surface area contributed by atoms with Gasteiger partial charge in [-0.25, -0.2) is 4.68 Å². The standard InChI is InChI=1S/C22H20F3N3O3/c1-14-13-18(29)20(21(30)26-12-11-15-7-3-6-10-19(15)31-2)27-28(14)17-9-5-4-8-16(17)22(23,24)25/h3-10,13H,11-12H2,1-2H3,(H,26,30). The minimum Gasteiger partial charge on any atom is -0.496 e. The highest BCUT2D eigenvalue weighted by Crippen LogP contribution is 2.33. The van der Waals surface area contributed by atoms with Gasteiger partial charge in [-0.1, -0.05) is 30.3 Å². The number of hydrogen-bond donors (Lipinski definition) is 1. The number of amides is 1. The zero-order chi connectivity index (χ0) is 22.6. The Balaban J connectivity index is 1.87. The molecule has 9 heteroatoms. The van der Waals surface area contributed by atoms with Gasteiger partial charge in [0.1, 0.15) is 5.75 Å². The Bertz CT molecular complexity index is 1160. The van der Waals surface area contributed by atoms with E-state index in [0.29, 0.717) is 12.2 Å². The van der Waals surface area contributed by atoms with Crippen LogP contribution in [0.3, 0.4) is 0 Å². The van der Waals surface area contributed by atoms with Crippen LogP contribution in [-0.4, -0.2) is 29.3 Å². The molecular formula is C22H20F3N3O3. The fraction of sp³-hybridized carbons (Fsp3) is 0.227. The van der Waals surface area contributed by atoms with Crippen molar-refractivity contribution in [3.05, 3.63) is 87.3 Å². The molecule has 2 aromatic carbocycles. The third-order valence-corrected chi connectivity index (χ3v) is 4.63. The lowest BCUT2D eigenvalue weighted by Gasteiger charge is -2.16. The van der Waals surface area contributed by atoms with E-state index in [2.05, 4.69) is 10.4 Å². The number of alkyl halides is 3. The number of halogens is 3. The van der Waals surface area contributed by atoms with Gasteiger partial charge in [0.2, 0.25) is 5.43 Å². The lowest BCUT2D eigenvalue weighted by atomic mass is 10.1. The van der Waals surface area contributed by atoms with Crippen molar-refractivity contribution < 1.29 is 22.7 Å². The van der Waals surface area contributed by atoms with E-state index in [1.54, 1.807) is 6.07 Å². The molecule has 1 amide bonds. The Hall–Kier alpha value is -3.62. The number of carbonyl (C=O) groups is 1. The Labute approximate surface area is 176 Å². The number of benzene rings is 2. The second kappa shape index (κ2) is 9.03. The van der Waals surface area contributed by atoms with Crippen LogP contribution in [0, 0.1) is 6.92 Å². The molecule has 0 radical (unpaired) electrons. The fourth-order valence-corrected chi connectivity index (χ4v) is 3.15. The van der Waals surface area contributed by atoms with Gasteiger partial charge in [0.05, 0.1) is 18.4 Å². The Morgan fingerprint density at radius 2 is 1.81 bits per heavy atom. The Morgan fingerprint density at radius 1 is 1.13 bits per heavy atom. The molecule has 0 spiro atoms. The number of nitrogens with one attached hydrogen (secondary N) is 1. The molecule has 3 rings (SSSR count). The topological polar surface area (TPSA) is 73.2 Å². The van der Waals surface area contributed by atoms with E-state index in [1.165, 1.54) is 32.2 Å². The van der Waals surface area contributed by atoms with E-state index in [9.17, 15) is 22.8 Å². The molecule has 162 valence electrons. The summed E-state index contributed by atoms with van der Waals surface area (Å²) < 4.78 is 46.4. The average molecular weight is 431 g/mol. The van der Waals surface area contributed by atoms with Crippen LogP contribution < -0.4 is 15.5 Å². The summed E-state index contributed by atoms with van der Waals surface area (Å²) in [5, 5.41) is 6.53. The number of methoxy groups -OCH3 is 1. The summed E-state index contributed by atoms with van der Waals surface area (Å²) in [5.41, 5.74) is -1.31. The lowest BCUT2D eigenvalue weighted by molar-refractivity contribution is -0.137. The molecular weight excluding hydrogens is 411 g/mol. The van der Waals surface area contributed by atoms with Crippen LogP contribution in [0.15, 0.2) is 59.4 Å². The molecule has 0 atom stereocenters. The maximum atomic E-state index is 13.4. The Morgan fingerprint density at radius 3 is 2.52 bits per heavy atom. The molecule has 0 aliphatic carbocycles. The third-order valence-electron chi connectivity index (χ3n) is 4.63. The first-order valence-electron chi connectivity index (χ1n) is 9.40. The number of aryl methyl sites for hydroxylation is 1. The highest BCUT2D eigenvalue weighted by Gasteiger charge is 2.34. The SMILES string of the molecule is COc1ccccc1CCNC(=O)c1nn(-c2ccccc2C(F)(F)F)c(C)cc1=O. The van der Waals surface area contributed by atoms with E-state index in [4.69, 9.17) is 4.74 Å². The summed E-state index contributed by atoms with van der Waals surface area (Å²) >= 11 is 0. The van der Waals surface area contributed by atoms with Gasteiger partial charge in [-0.05, 0) is 37.1 Å². The largest absolute Gasteiger partial charge is 0.496 e. The molecule has 0 fully saturated rings. The van der Waals surface area contributed by atoms with Gasteiger partial charge in [0.25, 0.3) is 5.91 Å². The zero-order valence-electron chi connectivity index (χ0n) is 16.9. The number of para-hydroxylation sites is 2. The van der Waals surface area contributed by atoms with E-state index in [0.717, 1.165) is 22.4 Å². The van der Waals surface area contributed by atoms with E-state index in [-0.39, 0.29) is 17.9 Å². The van der Waals surface area contributed by atoms with E-state index >= 15 is 0 Å². The predicted octanol–water partition coefficient (Wildman–Crippen LogP) is 3.54.